The predicted octanol–water partition coefficient (Wildman–Crippen LogP) is 3.40. The molecule has 0 radical (unpaired) electrons. The van der Waals surface area contributed by atoms with Crippen LogP contribution in [0.5, 0.6) is 5.75 Å². The summed E-state index contributed by atoms with van der Waals surface area (Å²) in [5, 5.41) is 17.9. The van der Waals surface area contributed by atoms with Gasteiger partial charge < -0.3 is 10.4 Å². The fraction of sp³-hybridized carbons (Fsp3) is 0.190. The molecular weight excluding hydrogens is 340 g/mol. The lowest BCUT2D eigenvalue weighted by Gasteiger charge is -2.35. The van der Waals surface area contributed by atoms with E-state index in [4.69, 9.17) is 0 Å². The molecule has 0 spiro atoms. The highest BCUT2D eigenvalue weighted by atomic mass is 16.3. The Hall–Kier alpha value is -3.41. The number of benzene rings is 2. The molecule has 2 aromatic carbocycles. The Morgan fingerprint density at radius 3 is 2.63 bits per heavy atom. The van der Waals surface area contributed by atoms with Crippen molar-refractivity contribution in [3.63, 3.8) is 0 Å². The predicted molar refractivity (Wildman–Crippen MR) is 100 cm³/mol. The SMILES string of the molecule is O=C1CC(c2ccccc2O)CC2=C1C(c1ccccc1)n1ncnc1N2. The second kappa shape index (κ2) is 6.09. The molecule has 2 N–H and O–H groups in total. The highest BCUT2D eigenvalue weighted by molar-refractivity contribution is 6.00. The van der Waals surface area contributed by atoms with Gasteiger partial charge in [-0.2, -0.15) is 10.1 Å². The van der Waals surface area contributed by atoms with Gasteiger partial charge in [0.1, 0.15) is 18.1 Å². The van der Waals surface area contributed by atoms with Gasteiger partial charge in [-0.25, -0.2) is 4.68 Å². The lowest BCUT2D eigenvalue weighted by atomic mass is 9.77. The van der Waals surface area contributed by atoms with Gasteiger partial charge >= 0.3 is 0 Å². The van der Waals surface area contributed by atoms with Gasteiger partial charge in [0.2, 0.25) is 5.95 Å². The number of phenolic OH excluding ortho intramolecular Hbond substituents is 1. The van der Waals surface area contributed by atoms with Gasteiger partial charge in [0.05, 0.1) is 0 Å². The van der Waals surface area contributed by atoms with Gasteiger partial charge in [0.25, 0.3) is 0 Å². The van der Waals surface area contributed by atoms with Crippen molar-refractivity contribution in [1.29, 1.82) is 0 Å². The molecule has 1 aliphatic heterocycles. The van der Waals surface area contributed by atoms with E-state index < -0.39 is 0 Å². The van der Waals surface area contributed by atoms with Crippen LogP contribution in [0.25, 0.3) is 0 Å². The fourth-order valence-electron chi connectivity index (χ4n) is 4.15. The molecule has 2 aliphatic rings. The number of nitrogens with one attached hydrogen (secondary N) is 1. The Labute approximate surface area is 156 Å². The number of allylic oxidation sites excluding steroid dienone is 2. The molecule has 1 aliphatic carbocycles. The van der Waals surface area contributed by atoms with Crippen LogP contribution in [0.1, 0.15) is 35.9 Å². The van der Waals surface area contributed by atoms with Crippen molar-refractivity contribution >= 4 is 11.7 Å². The van der Waals surface area contributed by atoms with Gasteiger partial charge in [-0.05, 0) is 23.6 Å². The largest absolute Gasteiger partial charge is 0.508 e. The summed E-state index contributed by atoms with van der Waals surface area (Å²) in [5.41, 5.74) is 3.43. The van der Waals surface area contributed by atoms with Gasteiger partial charge in [-0.1, -0.05) is 48.5 Å². The Morgan fingerprint density at radius 2 is 1.81 bits per heavy atom. The van der Waals surface area contributed by atoms with E-state index in [-0.39, 0.29) is 23.5 Å². The van der Waals surface area contributed by atoms with Crippen molar-refractivity contribution in [2.24, 2.45) is 0 Å². The van der Waals surface area contributed by atoms with Crippen molar-refractivity contribution in [2.45, 2.75) is 24.8 Å². The summed E-state index contributed by atoms with van der Waals surface area (Å²) in [6, 6.07) is 16.9. The standard InChI is InChI=1S/C21H18N4O2/c26-17-9-5-4-8-15(17)14-10-16-19(18(27)11-14)20(13-6-2-1-3-7-13)25-21(24-16)22-12-23-25/h1-9,12,14,20,26H,10-11H2,(H,22,23,24). The molecule has 2 heterocycles. The summed E-state index contributed by atoms with van der Waals surface area (Å²) in [6.07, 6.45) is 2.52. The summed E-state index contributed by atoms with van der Waals surface area (Å²) in [7, 11) is 0. The van der Waals surface area contributed by atoms with Crippen molar-refractivity contribution in [2.75, 3.05) is 5.32 Å². The molecule has 134 valence electrons. The number of hydrogen-bond donors (Lipinski definition) is 2. The number of aromatic hydroxyl groups is 1. The first kappa shape index (κ1) is 15.8. The Bertz CT molecular complexity index is 1050. The summed E-state index contributed by atoms with van der Waals surface area (Å²) >= 11 is 0. The highest BCUT2D eigenvalue weighted by Crippen LogP contribution is 2.44. The minimum absolute atomic E-state index is 0.0594. The van der Waals surface area contributed by atoms with Crippen LogP contribution in [0.4, 0.5) is 5.95 Å². The van der Waals surface area contributed by atoms with Crippen LogP contribution in [0.3, 0.4) is 0 Å². The second-order valence-corrected chi connectivity index (χ2v) is 6.95. The van der Waals surface area contributed by atoms with Crippen LogP contribution in [-0.4, -0.2) is 25.7 Å². The summed E-state index contributed by atoms with van der Waals surface area (Å²) in [6.45, 7) is 0. The number of fused-ring (bicyclic) bond motifs is 1. The second-order valence-electron chi connectivity index (χ2n) is 6.95. The average molecular weight is 358 g/mol. The number of ketones is 1. The minimum atomic E-state index is -0.280. The summed E-state index contributed by atoms with van der Waals surface area (Å²) in [4.78, 5) is 17.5. The van der Waals surface area contributed by atoms with Crippen LogP contribution in [0, 0.1) is 0 Å². The Balaban J connectivity index is 1.61. The smallest absolute Gasteiger partial charge is 0.226 e. The van der Waals surface area contributed by atoms with Crippen LogP contribution >= 0.6 is 0 Å². The number of hydrogen-bond acceptors (Lipinski definition) is 5. The number of carbonyl (C=O) groups excluding carboxylic acids is 1. The third kappa shape index (κ3) is 2.52. The van der Waals surface area contributed by atoms with Crippen molar-refractivity contribution in [3.05, 3.63) is 83.3 Å². The van der Waals surface area contributed by atoms with Crippen molar-refractivity contribution < 1.29 is 9.90 Å². The third-order valence-electron chi connectivity index (χ3n) is 5.35. The lowest BCUT2D eigenvalue weighted by Crippen LogP contribution is -2.33. The van der Waals surface area contributed by atoms with E-state index in [1.165, 1.54) is 6.33 Å². The molecule has 5 rings (SSSR count). The first-order chi connectivity index (χ1) is 13.2. The molecule has 3 aromatic rings. The van der Waals surface area contributed by atoms with E-state index in [9.17, 15) is 9.90 Å². The van der Waals surface area contributed by atoms with E-state index in [0.29, 0.717) is 18.8 Å². The number of anilines is 1. The maximum atomic E-state index is 13.2. The van der Waals surface area contributed by atoms with E-state index in [0.717, 1.165) is 22.4 Å². The molecule has 6 nitrogen and oxygen atoms in total. The third-order valence-corrected chi connectivity index (χ3v) is 5.35. The number of aromatic nitrogens is 3. The molecule has 0 saturated heterocycles. The van der Waals surface area contributed by atoms with Crippen LogP contribution in [0.2, 0.25) is 0 Å². The zero-order valence-corrected chi connectivity index (χ0v) is 14.5. The maximum absolute atomic E-state index is 13.2. The maximum Gasteiger partial charge on any atom is 0.226 e. The highest BCUT2D eigenvalue weighted by Gasteiger charge is 2.39. The van der Waals surface area contributed by atoms with E-state index in [1.807, 2.05) is 42.5 Å². The molecule has 2 unspecified atom stereocenters. The van der Waals surface area contributed by atoms with E-state index in [2.05, 4.69) is 15.4 Å². The average Bonchev–Trinajstić information content (AvgIpc) is 3.15. The quantitative estimate of drug-likeness (QED) is 0.734. The van der Waals surface area contributed by atoms with Gasteiger partial charge in [-0.15, -0.1) is 0 Å². The van der Waals surface area contributed by atoms with Crippen LogP contribution in [-0.2, 0) is 4.79 Å². The molecule has 0 fully saturated rings. The normalized spacial score (nSPS) is 21.4. The molecule has 0 amide bonds. The minimum Gasteiger partial charge on any atom is -0.508 e. The summed E-state index contributed by atoms with van der Waals surface area (Å²) in [5.74, 6) is 0.883. The Kier molecular flexibility index (Phi) is 3.57. The molecule has 27 heavy (non-hydrogen) atoms. The van der Waals surface area contributed by atoms with Crippen molar-refractivity contribution in [1.82, 2.24) is 14.8 Å². The van der Waals surface area contributed by atoms with Gasteiger partial charge in [-0.3, -0.25) is 4.79 Å². The number of nitrogens with zero attached hydrogens (tertiary/aromatic N) is 3. The Morgan fingerprint density at radius 1 is 1.04 bits per heavy atom. The number of para-hydroxylation sites is 1. The molecule has 6 heteroatoms. The van der Waals surface area contributed by atoms with E-state index >= 15 is 0 Å². The monoisotopic (exact) mass is 358 g/mol. The number of Topliss-reactive ketones (excluding diaryl/α,β-unsaturated/α-hetero) is 1. The van der Waals surface area contributed by atoms with Crippen LogP contribution < -0.4 is 5.32 Å². The topological polar surface area (TPSA) is 80.0 Å². The lowest BCUT2D eigenvalue weighted by molar-refractivity contribution is -0.116. The van der Waals surface area contributed by atoms with Gasteiger partial charge in [0.15, 0.2) is 5.78 Å². The summed E-state index contributed by atoms with van der Waals surface area (Å²) < 4.78 is 1.77. The van der Waals surface area contributed by atoms with Gasteiger partial charge in [0, 0.05) is 23.6 Å². The first-order valence-electron chi connectivity index (χ1n) is 8.98. The number of carbonyl (C=O) groups is 1. The molecule has 1 aromatic heterocycles. The van der Waals surface area contributed by atoms with Crippen molar-refractivity contribution in [3.8, 4) is 5.75 Å². The fourth-order valence-corrected chi connectivity index (χ4v) is 4.15. The molecule has 0 bridgehead atoms. The molecule has 0 saturated carbocycles. The van der Waals surface area contributed by atoms with E-state index in [1.54, 1.807) is 16.8 Å². The number of phenols is 1. The number of rotatable bonds is 2. The zero-order valence-electron chi connectivity index (χ0n) is 14.5. The molecular formula is C21H18N4O2. The zero-order chi connectivity index (χ0) is 18.4. The first-order valence-corrected chi connectivity index (χ1v) is 8.98. The molecule has 2 atom stereocenters. The van der Waals surface area contributed by atoms with Crippen LogP contribution in [0.15, 0.2) is 72.2 Å².